The number of carbonyl (C=O) groups is 1. The zero-order valence-corrected chi connectivity index (χ0v) is 11.4. The van der Waals surface area contributed by atoms with Gasteiger partial charge in [0.05, 0.1) is 23.5 Å². The van der Waals surface area contributed by atoms with E-state index in [1.165, 1.54) is 18.2 Å². The van der Waals surface area contributed by atoms with Crippen molar-refractivity contribution in [1.82, 2.24) is 0 Å². The van der Waals surface area contributed by atoms with E-state index >= 15 is 0 Å². The molecular formula is C15H18O5. The molecule has 108 valence electrons. The number of esters is 1. The second-order valence-corrected chi connectivity index (χ2v) is 6.12. The summed E-state index contributed by atoms with van der Waals surface area (Å²) in [5.41, 5.74) is -2.06. The summed E-state index contributed by atoms with van der Waals surface area (Å²) in [5, 5.41) is 31.7. The van der Waals surface area contributed by atoms with E-state index in [9.17, 15) is 20.1 Å². The van der Waals surface area contributed by atoms with Crippen LogP contribution in [0.25, 0.3) is 0 Å². The monoisotopic (exact) mass is 278 g/mol. The summed E-state index contributed by atoms with van der Waals surface area (Å²) in [6.07, 6.45) is 2.74. The van der Waals surface area contributed by atoms with Gasteiger partial charge in [-0.25, -0.2) is 4.79 Å². The Morgan fingerprint density at radius 1 is 1.35 bits per heavy atom. The van der Waals surface area contributed by atoms with E-state index in [0.29, 0.717) is 5.57 Å². The van der Waals surface area contributed by atoms with E-state index < -0.39 is 41.2 Å². The van der Waals surface area contributed by atoms with Crippen LogP contribution in [0.15, 0.2) is 36.0 Å². The first-order chi connectivity index (χ1) is 9.18. The number of carbonyl (C=O) groups excluding carboxylic acids is 1. The van der Waals surface area contributed by atoms with Crippen LogP contribution >= 0.6 is 0 Å². The van der Waals surface area contributed by atoms with Gasteiger partial charge in [-0.05, 0) is 25.5 Å². The predicted molar refractivity (Wildman–Crippen MR) is 70.5 cm³/mol. The lowest BCUT2D eigenvalue weighted by molar-refractivity contribution is -0.152. The molecule has 0 aromatic rings. The van der Waals surface area contributed by atoms with Crippen molar-refractivity contribution in [3.05, 3.63) is 36.0 Å². The molecule has 0 aromatic heterocycles. The van der Waals surface area contributed by atoms with Gasteiger partial charge in [-0.3, -0.25) is 0 Å². The number of hydrogen-bond donors (Lipinski definition) is 3. The van der Waals surface area contributed by atoms with Gasteiger partial charge < -0.3 is 20.1 Å². The fourth-order valence-electron chi connectivity index (χ4n) is 3.68. The fourth-order valence-corrected chi connectivity index (χ4v) is 3.68. The van der Waals surface area contributed by atoms with Gasteiger partial charge in [-0.15, -0.1) is 0 Å². The Morgan fingerprint density at radius 2 is 2.00 bits per heavy atom. The molecule has 1 aliphatic heterocycles. The van der Waals surface area contributed by atoms with Crippen molar-refractivity contribution in [3.63, 3.8) is 0 Å². The van der Waals surface area contributed by atoms with E-state index in [1.807, 2.05) is 0 Å². The topological polar surface area (TPSA) is 87.0 Å². The SMILES string of the molecule is C=C1C(=O)OC2C1C(O)C=C(C)C1(O)C=CC(C)(O)C21. The van der Waals surface area contributed by atoms with Gasteiger partial charge >= 0.3 is 5.97 Å². The van der Waals surface area contributed by atoms with Crippen molar-refractivity contribution in [2.45, 2.75) is 37.3 Å². The van der Waals surface area contributed by atoms with Gasteiger partial charge in [0.15, 0.2) is 0 Å². The minimum atomic E-state index is -1.44. The van der Waals surface area contributed by atoms with Gasteiger partial charge in [0.2, 0.25) is 0 Å². The van der Waals surface area contributed by atoms with Crippen molar-refractivity contribution >= 4 is 5.97 Å². The van der Waals surface area contributed by atoms with Gasteiger partial charge in [-0.2, -0.15) is 0 Å². The molecule has 0 amide bonds. The average Bonchev–Trinajstić information content (AvgIpc) is 2.72. The largest absolute Gasteiger partial charge is 0.458 e. The third kappa shape index (κ3) is 1.51. The Balaban J connectivity index is 2.18. The zero-order valence-electron chi connectivity index (χ0n) is 11.4. The molecular weight excluding hydrogens is 260 g/mol. The molecule has 0 aromatic carbocycles. The van der Waals surface area contributed by atoms with Crippen LogP contribution in [0, 0.1) is 11.8 Å². The molecule has 2 aliphatic carbocycles. The number of ether oxygens (including phenoxy) is 1. The first-order valence-corrected chi connectivity index (χ1v) is 6.60. The summed E-state index contributed by atoms with van der Waals surface area (Å²) >= 11 is 0. The third-order valence-electron chi connectivity index (χ3n) is 4.79. The van der Waals surface area contributed by atoms with Gasteiger partial charge in [0.25, 0.3) is 0 Å². The highest BCUT2D eigenvalue weighted by Gasteiger charge is 2.62. The number of rotatable bonds is 0. The molecule has 0 bridgehead atoms. The molecule has 6 atom stereocenters. The molecule has 0 spiro atoms. The van der Waals surface area contributed by atoms with Crippen LogP contribution in [-0.2, 0) is 9.53 Å². The highest BCUT2D eigenvalue weighted by atomic mass is 16.6. The quantitative estimate of drug-likeness (QED) is 0.332. The molecule has 1 fully saturated rings. The van der Waals surface area contributed by atoms with Crippen LogP contribution in [0.4, 0.5) is 0 Å². The van der Waals surface area contributed by atoms with Gasteiger partial charge in [0, 0.05) is 5.57 Å². The van der Waals surface area contributed by atoms with Gasteiger partial charge in [-0.1, -0.05) is 18.7 Å². The summed E-state index contributed by atoms with van der Waals surface area (Å²) < 4.78 is 5.30. The minimum Gasteiger partial charge on any atom is -0.458 e. The Morgan fingerprint density at radius 3 is 2.65 bits per heavy atom. The molecule has 20 heavy (non-hydrogen) atoms. The van der Waals surface area contributed by atoms with Crippen molar-refractivity contribution in [2.24, 2.45) is 11.8 Å². The fraction of sp³-hybridized carbons (Fsp3) is 0.533. The van der Waals surface area contributed by atoms with Crippen LogP contribution in [0.2, 0.25) is 0 Å². The third-order valence-corrected chi connectivity index (χ3v) is 4.79. The number of aliphatic hydroxyl groups is 3. The molecule has 0 radical (unpaired) electrons. The maximum atomic E-state index is 11.7. The second kappa shape index (κ2) is 3.81. The normalized spacial score (nSPS) is 50.4. The summed E-state index contributed by atoms with van der Waals surface area (Å²) in [6.45, 7) is 6.92. The average molecular weight is 278 g/mol. The summed E-state index contributed by atoms with van der Waals surface area (Å²) in [4.78, 5) is 11.7. The maximum absolute atomic E-state index is 11.7. The molecule has 3 rings (SSSR count). The van der Waals surface area contributed by atoms with Crippen LogP contribution in [0.3, 0.4) is 0 Å². The summed E-state index contributed by atoms with van der Waals surface area (Å²) in [7, 11) is 0. The Hall–Kier alpha value is -1.43. The minimum absolute atomic E-state index is 0.179. The zero-order chi connectivity index (χ0) is 14.9. The van der Waals surface area contributed by atoms with E-state index in [0.717, 1.165) is 0 Å². The Bertz CT molecular complexity index is 559. The molecule has 6 unspecified atom stereocenters. The van der Waals surface area contributed by atoms with Crippen molar-refractivity contribution in [2.75, 3.05) is 0 Å². The lowest BCUT2D eigenvalue weighted by atomic mass is 9.73. The van der Waals surface area contributed by atoms with Gasteiger partial charge in [0.1, 0.15) is 11.7 Å². The molecule has 5 nitrogen and oxygen atoms in total. The van der Waals surface area contributed by atoms with E-state index in [-0.39, 0.29) is 5.57 Å². The first kappa shape index (κ1) is 13.5. The summed E-state index contributed by atoms with van der Waals surface area (Å²) in [6, 6.07) is 0. The number of hydrogen-bond acceptors (Lipinski definition) is 5. The second-order valence-electron chi connectivity index (χ2n) is 6.12. The van der Waals surface area contributed by atoms with Crippen LogP contribution in [0.1, 0.15) is 13.8 Å². The van der Waals surface area contributed by atoms with Crippen molar-refractivity contribution in [3.8, 4) is 0 Å². The highest BCUT2D eigenvalue weighted by Crippen LogP contribution is 2.51. The number of aliphatic hydroxyl groups excluding tert-OH is 1. The smallest absolute Gasteiger partial charge is 0.334 e. The number of fused-ring (bicyclic) bond motifs is 3. The molecule has 5 heteroatoms. The lowest BCUT2D eigenvalue weighted by Gasteiger charge is -2.39. The van der Waals surface area contributed by atoms with Crippen molar-refractivity contribution in [1.29, 1.82) is 0 Å². The van der Waals surface area contributed by atoms with Crippen LogP contribution < -0.4 is 0 Å². The van der Waals surface area contributed by atoms with E-state index in [2.05, 4.69) is 6.58 Å². The molecule has 1 saturated heterocycles. The Labute approximate surface area is 116 Å². The van der Waals surface area contributed by atoms with Crippen molar-refractivity contribution < 1.29 is 24.9 Å². The standard InChI is InChI=1S/C15H18O5/c1-7-6-9(16)10-8(2)13(17)20-11(10)12-14(3,18)4-5-15(7,12)19/h4-6,9-12,16,18-19H,2H2,1,3H3. The molecule has 1 heterocycles. The van der Waals surface area contributed by atoms with Crippen LogP contribution in [0.5, 0.6) is 0 Å². The molecule has 0 saturated carbocycles. The first-order valence-electron chi connectivity index (χ1n) is 6.60. The lowest BCUT2D eigenvalue weighted by Crippen LogP contribution is -2.52. The maximum Gasteiger partial charge on any atom is 0.334 e. The van der Waals surface area contributed by atoms with E-state index in [1.54, 1.807) is 13.8 Å². The summed E-state index contributed by atoms with van der Waals surface area (Å²) in [5.74, 6) is -2.00. The predicted octanol–water partition coefficient (Wildman–Crippen LogP) is 0.0731. The van der Waals surface area contributed by atoms with Crippen LogP contribution in [-0.4, -0.2) is 44.7 Å². The molecule has 3 aliphatic rings. The highest BCUT2D eigenvalue weighted by molar-refractivity contribution is 5.91. The van der Waals surface area contributed by atoms with E-state index in [4.69, 9.17) is 4.74 Å². The molecule has 3 N–H and O–H groups in total. The Kier molecular flexibility index (Phi) is 2.58.